The third kappa shape index (κ3) is 12.4. The van der Waals surface area contributed by atoms with Crippen LogP contribution in [-0.4, -0.2) is 123 Å². The molecule has 8 rings (SSSR count). The fraction of sp³-hybridized carbons (Fsp3) is 0.236. The molecule has 0 bridgehead atoms. The molecule has 17 nitrogen and oxygen atoms in total. The fourth-order valence-corrected chi connectivity index (χ4v) is 7.96. The Bertz CT molecular complexity index is 2750. The zero-order valence-electron chi connectivity index (χ0n) is 38.5. The first-order valence-electron chi connectivity index (χ1n) is 22.7. The van der Waals surface area contributed by atoms with Crippen LogP contribution in [0.4, 0.5) is 0 Å². The van der Waals surface area contributed by atoms with Gasteiger partial charge in [-0.1, -0.05) is 109 Å². The van der Waals surface area contributed by atoms with E-state index < -0.39 is 110 Å². The van der Waals surface area contributed by atoms with E-state index in [0.717, 1.165) is 0 Å². The number of hydrogen-bond acceptors (Lipinski definition) is 17. The van der Waals surface area contributed by atoms with Crippen LogP contribution in [0.5, 0.6) is 0 Å². The Labute approximate surface area is 413 Å². The average Bonchev–Trinajstić information content (AvgIpc) is 3.43. The van der Waals surface area contributed by atoms with Crippen molar-refractivity contribution in [2.24, 2.45) is 0 Å². The number of esters is 6. The van der Waals surface area contributed by atoms with E-state index in [0.29, 0.717) is 0 Å². The maximum atomic E-state index is 14.1. The van der Waals surface area contributed by atoms with Crippen molar-refractivity contribution in [2.75, 3.05) is 20.3 Å². The first-order valence-corrected chi connectivity index (χ1v) is 22.7. The average molecular weight is 981 g/mol. The lowest BCUT2D eigenvalue weighted by Gasteiger charge is -2.48. The molecule has 10 atom stereocenters. The molecule has 2 aliphatic heterocycles. The number of rotatable bonds is 17. The predicted octanol–water partition coefficient (Wildman–Crippen LogP) is 6.45. The minimum atomic E-state index is -2.05. The van der Waals surface area contributed by atoms with Gasteiger partial charge in [0.05, 0.1) is 33.4 Å². The molecule has 2 saturated heterocycles. The van der Waals surface area contributed by atoms with Crippen molar-refractivity contribution < 1.29 is 81.2 Å². The Kier molecular flexibility index (Phi) is 16.9. The van der Waals surface area contributed by atoms with Gasteiger partial charge >= 0.3 is 35.8 Å². The summed E-state index contributed by atoms with van der Waals surface area (Å²) in [5.41, 5.74) is 0.660. The predicted molar refractivity (Wildman–Crippen MR) is 251 cm³/mol. The second kappa shape index (κ2) is 24.2. The van der Waals surface area contributed by atoms with Crippen molar-refractivity contribution in [2.45, 2.75) is 61.4 Å². The Morgan fingerprint density at radius 1 is 0.375 bits per heavy atom. The summed E-state index contributed by atoms with van der Waals surface area (Å²) in [6, 6.07) is 47.4. The third-order valence-electron chi connectivity index (χ3n) is 11.6. The summed E-state index contributed by atoms with van der Waals surface area (Å²) >= 11 is 0. The summed E-state index contributed by atoms with van der Waals surface area (Å²) in [4.78, 5) is 82.8. The fourth-order valence-electron chi connectivity index (χ4n) is 7.96. The lowest BCUT2D eigenvalue weighted by Crippen LogP contribution is -2.67. The molecule has 1 N–H and O–H groups in total. The standard InChI is InChI=1S/C55H48O17/c1-63-44-42(68-50(58)36-24-12-4-13-25-36)41(33-65-49(57)35-22-10-3-11-23-35)67-55(47(44)71-53(61)39-30-18-7-19-31-39)72-43-40(32-64-48(56)34-20-8-2-9-21-34)66-54(62)46(70-52(60)38-28-16-6-17-29-38)45(43)69-51(59)37-26-14-5-15-27-37/h2-31,40-47,54-55,62H,32-33H2,1H3/t40-,41-,42+,43+,44+,45+,46-,47-,54+,55+/m1/s1. The van der Waals surface area contributed by atoms with Crippen molar-refractivity contribution in [3.63, 3.8) is 0 Å². The summed E-state index contributed by atoms with van der Waals surface area (Å²) in [6.07, 6.45) is -17.1. The number of benzene rings is 6. The van der Waals surface area contributed by atoms with Crippen LogP contribution in [0.25, 0.3) is 0 Å². The summed E-state index contributed by atoms with van der Waals surface area (Å²) in [5.74, 6) is -5.26. The Morgan fingerprint density at radius 2 is 0.681 bits per heavy atom. The van der Waals surface area contributed by atoms with Crippen molar-refractivity contribution in [1.82, 2.24) is 0 Å². The van der Waals surface area contributed by atoms with Gasteiger partial charge in [-0.25, -0.2) is 28.8 Å². The van der Waals surface area contributed by atoms with Crippen LogP contribution in [0.1, 0.15) is 62.1 Å². The molecule has 0 spiro atoms. The lowest BCUT2D eigenvalue weighted by molar-refractivity contribution is -0.353. The minimum absolute atomic E-state index is 0.0452. The number of aliphatic hydroxyl groups excluding tert-OH is 1. The normalized spacial score (nSPS) is 23.6. The Hall–Kier alpha value is -8.06. The van der Waals surface area contributed by atoms with Gasteiger partial charge in [-0.15, -0.1) is 0 Å². The molecule has 6 aromatic carbocycles. The molecule has 6 aromatic rings. The summed E-state index contributed by atoms with van der Waals surface area (Å²) in [5, 5.41) is 11.7. The highest BCUT2D eigenvalue weighted by atomic mass is 16.8. The first kappa shape index (κ1) is 50.3. The van der Waals surface area contributed by atoms with Gasteiger partial charge in [-0.2, -0.15) is 0 Å². The number of ether oxygens (including phenoxy) is 10. The van der Waals surface area contributed by atoms with E-state index in [1.165, 1.54) is 79.9 Å². The largest absolute Gasteiger partial charge is 0.459 e. The van der Waals surface area contributed by atoms with E-state index >= 15 is 0 Å². The topological polar surface area (TPSA) is 215 Å². The highest BCUT2D eigenvalue weighted by Gasteiger charge is 2.57. The SMILES string of the molecule is CO[C@H]1[C@@H](OC(=O)c2ccccc2)[C@@H](COC(=O)c2ccccc2)O[C@@H](O[C@@H]2[C@H](OC(=O)c3ccccc3)[C@@H](OC(=O)c3ccccc3)[C@@H](O)O[C@@H]2COC(=O)c2ccccc2)[C@@H]1OC(=O)c1ccccc1. The second-order valence-electron chi connectivity index (χ2n) is 16.3. The molecule has 0 radical (unpaired) electrons. The van der Waals surface area contributed by atoms with Crippen LogP contribution in [0.3, 0.4) is 0 Å². The van der Waals surface area contributed by atoms with Crippen LogP contribution in [-0.2, 0) is 47.4 Å². The van der Waals surface area contributed by atoms with E-state index in [9.17, 15) is 33.9 Å². The van der Waals surface area contributed by atoms with Gasteiger partial charge in [0.1, 0.15) is 37.6 Å². The summed E-state index contributed by atoms with van der Waals surface area (Å²) < 4.78 is 61.2. The van der Waals surface area contributed by atoms with E-state index in [4.69, 9.17) is 47.4 Å². The van der Waals surface area contributed by atoms with Crippen LogP contribution >= 0.6 is 0 Å². The maximum absolute atomic E-state index is 14.1. The molecule has 72 heavy (non-hydrogen) atoms. The zero-order valence-corrected chi connectivity index (χ0v) is 38.5. The zero-order chi connectivity index (χ0) is 50.4. The highest BCUT2D eigenvalue weighted by molar-refractivity contribution is 5.92. The van der Waals surface area contributed by atoms with E-state index in [1.54, 1.807) is 109 Å². The quantitative estimate of drug-likeness (QED) is 0.0768. The number of hydrogen-bond donors (Lipinski definition) is 1. The number of carbonyl (C=O) groups excluding carboxylic acids is 6. The van der Waals surface area contributed by atoms with Crippen LogP contribution in [0, 0.1) is 0 Å². The highest BCUT2D eigenvalue weighted by Crippen LogP contribution is 2.36. The lowest BCUT2D eigenvalue weighted by atomic mass is 9.95. The Balaban J connectivity index is 1.22. The van der Waals surface area contributed by atoms with E-state index in [1.807, 2.05) is 0 Å². The summed E-state index contributed by atoms with van der Waals surface area (Å²) in [6.45, 7) is -1.29. The molecule has 0 aliphatic carbocycles. The van der Waals surface area contributed by atoms with Gasteiger partial charge in [0.2, 0.25) is 0 Å². The van der Waals surface area contributed by atoms with Crippen molar-refractivity contribution in [3.8, 4) is 0 Å². The van der Waals surface area contributed by atoms with Crippen molar-refractivity contribution in [1.29, 1.82) is 0 Å². The molecule has 2 heterocycles. The smallest absolute Gasteiger partial charge is 0.338 e. The molecule has 370 valence electrons. The minimum Gasteiger partial charge on any atom is -0.459 e. The maximum Gasteiger partial charge on any atom is 0.338 e. The van der Waals surface area contributed by atoms with E-state index in [-0.39, 0.29) is 33.4 Å². The third-order valence-corrected chi connectivity index (χ3v) is 11.6. The van der Waals surface area contributed by atoms with Gasteiger partial charge in [0.25, 0.3) is 0 Å². The van der Waals surface area contributed by atoms with Crippen molar-refractivity contribution >= 4 is 35.8 Å². The van der Waals surface area contributed by atoms with Gasteiger partial charge < -0.3 is 52.5 Å². The van der Waals surface area contributed by atoms with Crippen LogP contribution in [0.2, 0.25) is 0 Å². The van der Waals surface area contributed by atoms with Crippen LogP contribution < -0.4 is 0 Å². The molecular formula is C55H48O17. The number of carbonyl (C=O) groups is 6. The summed E-state index contributed by atoms with van der Waals surface area (Å²) in [7, 11) is 1.25. The van der Waals surface area contributed by atoms with Gasteiger partial charge in [-0.05, 0) is 72.8 Å². The van der Waals surface area contributed by atoms with Gasteiger partial charge in [-0.3, -0.25) is 0 Å². The molecular weight excluding hydrogens is 933 g/mol. The molecule has 2 fully saturated rings. The van der Waals surface area contributed by atoms with Crippen molar-refractivity contribution in [3.05, 3.63) is 215 Å². The molecule has 0 aromatic heterocycles. The molecule has 0 amide bonds. The number of methoxy groups -OCH3 is 1. The molecule has 0 saturated carbocycles. The second-order valence-corrected chi connectivity index (χ2v) is 16.3. The van der Waals surface area contributed by atoms with Gasteiger partial charge in [0, 0.05) is 7.11 Å². The molecule has 0 unspecified atom stereocenters. The van der Waals surface area contributed by atoms with Crippen LogP contribution in [0.15, 0.2) is 182 Å². The first-order chi connectivity index (χ1) is 35.1. The molecule has 2 aliphatic rings. The van der Waals surface area contributed by atoms with Gasteiger partial charge in [0.15, 0.2) is 37.0 Å². The van der Waals surface area contributed by atoms with E-state index in [2.05, 4.69) is 0 Å². The monoisotopic (exact) mass is 980 g/mol. The Morgan fingerprint density at radius 3 is 1.04 bits per heavy atom. The molecule has 17 heteroatoms. The number of aliphatic hydroxyl groups is 1.